The molecule has 234 valence electrons. The molecule has 0 saturated carbocycles. The van der Waals surface area contributed by atoms with E-state index < -0.39 is 24.5 Å². The van der Waals surface area contributed by atoms with Crippen LogP contribution < -0.4 is 10.6 Å². The van der Waals surface area contributed by atoms with Gasteiger partial charge in [-0.05, 0) is 46.7 Å². The Labute approximate surface area is 270 Å². The van der Waals surface area contributed by atoms with Crippen LogP contribution in [0.15, 0.2) is 53.7 Å². The molecule has 4 atom stereocenters. The van der Waals surface area contributed by atoms with Gasteiger partial charge in [-0.3, -0.25) is 14.2 Å². The third-order valence-electron chi connectivity index (χ3n) is 7.30. The Morgan fingerprint density at radius 2 is 1.89 bits per heavy atom. The van der Waals surface area contributed by atoms with E-state index in [0.717, 1.165) is 14.8 Å². The zero-order valence-electron chi connectivity index (χ0n) is 24.4. The highest BCUT2D eigenvalue weighted by Gasteiger charge is 2.51. The van der Waals surface area contributed by atoms with Gasteiger partial charge in [0, 0.05) is 42.4 Å². The highest BCUT2D eigenvalue weighted by Crippen LogP contribution is 2.43. The number of fused-ring (bicyclic) bond motifs is 1. The number of hydrogen-bond acceptors (Lipinski definition) is 13. The summed E-state index contributed by atoms with van der Waals surface area (Å²) in [6.07, 6.45) is 2.54. The van der Waals surface area contributed by atoms with Crippen LogP contribution in [0.5, 0.6) is 0 Å². The van der Waals surface area contributed by atoms with E-state index in [4.69, 9.17) is 28.7 Å². The number of rotatable bonds is 14. The van der Waals surface area contributed by atoms with Crippen LogP contribution in [0.2, 0.25) is 0 Å². The number of imidazole rings is 2. The molecule has 1 aromatic carbocycles. The molecule has 5 aromatic rings. The molecule has 4 aromatic heterocycles. The monoisotopic (exact) mass is 727 g/mol. The average Bonchev–Trinajstić information content (AvgIpc) is 3.83. The predicted octanol–water partition coefficient (Wildman–Crippen LogP) is 3.33. The van der Waals surface area contributed by atoms with Gasteiger partial charge in [0.2, 0.25) is 5.95 Å². The maximum atomic E-state index is 11.6. The van der Waals surface area contributed by atoms with Crippen molar-refractivity contribution in [1.29, 1.82) is 0 Å². The van der Waals surface area contributed by atoms with Crippen molar-refractivity contribution < 1.29 is 28.3 Å². The molecular weight excluding hydrogens is 697 g/mol. The number of benzene rings is 1. The lowest BCUT2D eigenvalue weighted by Crippen LogP contribution is -2.34. The maximum Gasteiger partial charge on any atom is 0.293 e. The molecule has 1 aliphatic heterocycles. The van der Waals surface area contributed by atoms with E-state index in [9.17, 15) is 9.59 Å². The van der Waals surface area contributed by atoms with Crippen molar-refractivity contribution in [1.82, 2.24) is 34.2 Å². The standard InChI is InChI=1S/C29H30IN9O6/c1-3-19-10-21(45-37-19)23-24(42-15-40)25(43-16-41)28(44-23)39-14-34-22-26(32-11-17-5-4-6-18(30)9-17)35-29(36-27(22)39)31-8-7-20-12-38(2)13-33-20/h4-6,9-10,12-16,23-25,28H,3,7-8,11H2,1-2H3,(H2,31,32,35,36)/t23-,24+,25-,28-/m1/s1. The average molecular weight is 728 g/mol. The molecule has 2 N–H and O–H groups in total. The smallest absolute Gasteiger partial charge is 0.293 e. The van der Waals surface area contributed by atoms with Crippen LogP contribution in [-0.2, 0) is 50.2 Å². The molecule has 0 unspecified atom stereocenters. The van der Waals surface area contributed by atoms with Crippen LogP contribution in [0.4, 0.5) is 11.8 Å². The first-order chi connectivity index (χ1) is 22.0. The summed E-state index contributed by atoms with van der Waals surface area (Å²) >= 11 is 2.27. The lowest BCUT2D eigenvalue weighted by atomic mass is 10.1. The number of halogens is 1. The van der Waals surface area contributed by atoms with Crippen LogP contribution in [0.1, 0.15) is 42.0 Å². The lowest BCUT2D eigenvalue weighted by molar-refractivity contribution is -0.151. The summed E-state index contributed by atoms with van der Waals surface area (Å²) in [7, 11) is 1.92. The number of nitrogens with one attached hydrogen (secondary N) is 2. The third-order valence-corrected chi connectivity index (χ3v) is 7.97. The Balaban J connectivity index is 1.36. The zero-order chi connectivity index (χ0) is 31.3. The molecule has 1 saturated heterocycles. The van der Waals surface area contributed by atoms with Gasteiger partial charge in [-0.15, -0.1) is 0 Å². The number of nitrogens with zero attached hydrogens (tertiary/aromatic N) is 7. The second-order valence-corrected chi connectivity index (χ2v) is 11.6. The second kappa shape index (κ2) is 13.6. The van der Waals surface area contributed by atoms with Crippen LogP contribution >= 0.6 is 22.6 Å². The quantitative estimate of drug-likeness (QED) is 0.126. The van der Waals surface area contributed by atoms with Gasteiger partial charge < -0.3 is 33.9 Å². The summed E-state index contributed by atoms with van der Waals surface area (Å²) in [5.74, 6) is 1.16. The predicted molar refractivity (Wildman–Crippen MR) is 168 cm³/mol. The molecule has 15 nitrogen and oxygen atoms in total. The summed E-state index contributed by atoms with van der Waals surface area (Å²) in [6.45, 7) is 3.51. The fraction of sp³-hybridized carbons (Fsp3) is 0.345. The van der Waals surface area contributed by atoms with Crippen molar-refractivity contribution in [3.63, 3.8) is 0 Å². The Bertz CT molecular complexity index is 1790. The van der Waals surface area contributed by atoms with Gasteiger partial charge in [-0.25, -0.2) is 9.97 Å². The Hall–Kier alpha value is -4.58. The molecule has 16 heteroatoms. The summed E-state index contributed by atoms with van der Waals surface area (Å²) in [6, 6.07) is 9.83. The number of carbonyl (C=O) groups excluding carboxylic acids is 2. The number of carbonyl (C=O) groups is 2. The van der Waals surface area contributed by atoms with Crippen LogP contribution in [0.25, 0.3) is 11.2 Å². The number of ether oxygens (including phenoxy) is 3. The minimum atomic E-state index is -1.05. The number of aromatic nitrogens is 7. The Morgan fingerprint density at radius 3 is 2.62 bits per heavy atom. The molecule has 6 rings (SSSR count). The van der Waals surface area contributed by atoms with E-state index in [1.165, 1.54) is 6.33 Å². The first-order valence-corrected chi connectivity index (χ1v) is 15.3. The molecule has 0 bridgehead atoms. The Morgan fingerprint density at radius 1 is 1.04 bits per heavy atom. The number of aryl methyl sites for hydroxylation is 2. The van der Waals surface area contributed by atoms with Gasteiger partial charge in [0.1, 0.15) is 0 Å². The highest BCUT2D eigenvalue weighted by molar-refractivity contribution is 14.1. The van der Waals surface area contributed by atoms with E-state index in [1.807, 2.05) is 42.9 Å². The zero-order valence-corrected chi connectivity index (χ0v) is 26.5. The van der Waals surface area contributed by atoms with Gasteiger partial charge in [-0.2, -0.15) is 9.97 Å². The fourth-order valence-electron chi connectivity index (χ4n) is 5.18. The van der Waals surface area contributed by atoms with Crippen LogP contribution in [0.3, 0.4) is 0 Å². The summed E-state index contributed by atoms with van der Waals surface area (Å²) in [5.41, 5.74) is 3.55. The molecule has 0 amide bonds. The van der Waals surface area contributed by atoms with Gasteiger partial charge in [0.05, 0.1) is 24.0 Å². The molecule has 0 spiro atoms. The first-order valence-electron chi connectivity index (χ1n) is 14.2. The van der Waals surface area contributed by atoms with E-state index in [2.05, 4.69) is 54.4 Å². The van der Waals surface area contributed by atoms with Crippen LogP contribution in [0, 0.1) is 3.57 Å². The van der Waals surface area contributed by atoms with Crippen molar-refractivity contribution >= 4 is 58.5 Å². The van der Waals surface area contributed by atoms with Gasteiger partial charge in [0.25, 0.3) is 12.9 Å². The number of hydrogen-bond donors (Lipinski definition) is 2. The SMILES string of the molecule is CCc1cc([C@H]2O[C@@H](n3cnc4c(NCc5cccc(I)c5)nc(NCCc5cn(C)cn5)nc43)[C@H](OC=O)[C@H]2OC=O)on1. The van der Waals surface area contributed by atoms with Crippen molar-refractivity contribution in [2.75, 3.05) is 17.2 Å². The molecular formula is C29H30IN9O6. The first kappa shape index (κ1) is 30.4. The maximum absolute atomic E-state index is 11.6. The summed E-state index contributed by atoms with van der Waals surface area (Å²) in [4.78, 5) is 41.6. The Kier molecular flexibility index (Phi) is 9.20. The van der Waals surface area contributed by atoms with Gasteiger partial charge >= 0.3 is 0 Å². The van der Waals surface area contributed by atoms with Crippen molar-refractivity contribution in [3.8, 4) is 0 Å². The highest BCUT2D eigenvalue weighted by atomic mass is 127. The number of anilines is 2. The normalized spacial score (nSPS) is 19.4. The molecule has 0 radical (unpaired) electrons. The molecule has 1 aliphatic rings. The summed E-state index contributed by atoms with van der Waals surface area (Å²) < 4.78 is 27.3. The van der Waals surface area contributed by atoms with E-state index in [-0.39, 0.29) is 12.9 Å². The minimum absolute atomic E-state index is 0.284. The topological polar surface area (TPSA) is 173 Å². The van der Waals surface area contributed by atoms with E-state index in [0.29, 0.717) is 60.3 Å². The van der Waals surface area contributed by atoms with E-state index >= 15 is 0 Å². The lowest BCUT2D eigenvalue weighted by Gasteiger charge is -2.21. The molecule has 0 aliphatic carbocycles. The largest absolute Gasteiger partial charge is 0.457 e. The van der Waals surface area contributed by atoms with Gasteiger partial charge in [0.15, 0.2) is 47.3 Å². The molecule has 1 fully saturated rings. The second-order valence-electron chi connectivity index (χ2n) is 10.3. The molecule has 5 heterocycles. The van der Waals surface area contributed by atoms with Crippen molar-refractivity contribution in [3.05, 3.63) is 75.5 Å². The molecule has 45 heavy (non-hydrogen) atoms. The van der Waals surface area contributed by atoms with Crippen molar-refractivity contribution in [2.45, 2.75) is 50.8 Å². The van der Waals surface area contributed by atoms with Gasteiger partial charge in [-0.1, -0.05) is 24.2 Å². The van der Waals surface area contributed by atoms with E-state index in [1.54, 1.807) is 17.0 Å². The summed E-state index contributed by atoms with van der Waals surface area (Å²) in [5, 5.41) is 10.7. The third kappa shape index (κ3) is 6.60. The van der Waals surface area contributed by atoms with Crippen LogP contribution in [-0.4, -0.2) is 65.9 Å². The minimum Gasteiger partial charge on any atom is -0.457 e. The fourth-order valence-corrected chi connectivity index (χ4v) is 5.79. The van der Waals surface area contributed by atoms with Crippen molar-refractivity contribution in [2.24, 2.45) is 7.05 Å².